The van der Waals surface area contributed by atoms with Crippen molar-refractivity contribution in [1.29, 1.82) is 0 Å². The highest BCUT2D eigenvalue weighted by Gasteiger charge is 2.15. The predicted octanol–water partition coefficient (Wildman–Crippen LogP) is 1.40. The Hall–Kier alpha value is -1.79. The van der Waals surface area contributed by atoms with E-state index in [4.69, 9.17) is 21.9 Å². The van der Waals surface area contributed by atoms with Gasteiger partial charge < -0.3 is 4.42 Å². The number of aryl methyl sites for hydroxylation is 1. The van der Waals surface area contributed by atoms with E-state index < -0.39 is 0 Å². The van der Waals surface area contributed by atoms with Gasteiger partial charge in [0.2, 0.25) is 0 Å². The van der Waals surface area contributed by atoms with E-state index in [1.807, 2.05) is 6.92 Å². The number of halogens is 1. The summed E-state index contributed by atoms with van der Waals surface area (Å²) in [5.74, 6) is 5.85. The van der Waals surface area contributed by atoms with Crippen molar-refractivity contribution in [1.82, 2.24) is 15.2 Å². The number of nitrogens with two attached hydrogens (primary N) is 1. The molecular formula is C11H13ClN4O2. The molecule has 0 radical (unpaired) electrons. The van der Waals surface area contributed by atoms with Gasteiger partial charge in [0.15, 0.2) is 0 Å². The van der Waals surface area contributed by atoms with Gasteiger partial charge in [-0.25, -0.2) is 5.84 Å². The Labute approximate surface area is 109 Å². The van der Waals surface area contributed by atoms with Crippen LogP contribution in [0.15, 0.2) is 16.7 Å². The summed E-state index contributed by atoms with van der Waals surface area (Å²) in [6, 6.07) is 1.65. The quantitative estimate of drug-likeness (QED) is 0.500. The molecule has 0 aromatic carbocycles. The molecule has 0 atom stereocenters. The lowest BCUT2D eigenvalue weighted by atomic mass is 10.2. The minimum atomic E-state index is -0.377. The minimum absolute atomic E-state index is 0.377. The first-order valence-electron chi connectivity index (χ1n) is 5.31. The Kier molecular flexibility index (Phi) is 3.40. The van der Waals surface area contributed by atoms with Crippen molar-refractivity contribution in [3.05, 3.63) is 40.1 Å². The van der Waals surface area contributed by atoms with Crippen LogP contribution in [0.1, 0.15) is 27.6 Å². The smallest absolute Gasteiger partial charge is 0.268 e. The third-order valence-electron chi connectivity index (χ3n) is 2.69. The monoisotopic (exact) mass is 268 g/mol. The first-order chi connectivity index (χ1) is 8.52. The molecule has 0 aliphatic carbocycles. The fraction of sp³-hybridized carbons (Fsp3) is 0.273. The molecule has 0 saturated carbocycles. The van der Waals surface area contributed by atoms with Crippen LogP contribution in [0.4, 0.5) is 0 Å². The van der Waals surface area contributed by atoms with Crippen LogP contribution in [0.25, 0.3) is 0 Å². The lowest BCUT2D eigenvalue weighted by Crippen LogP contribution is -2.30. The van der Waals surface area contributed by atoms with Gasteiger partial charge in [-0.3, -0.25) is 14.9 Å². The van der Waals surface area contributed by atoms with Crippen LogP contribution < -0.4 is 11.3 Å². The van der Waals surface area contributed by atoms with E-state index in [9.17, 15) is 4.79 Å². The van der Waals surface area contributed by atoms with Gasteiger partial charge in [-0.15, -0.1) is 0 Å². The molecule has 0 unspecified atom stereocenters. The molecular weight excluding hydrogens is 256 g/mol. The van der Waals surface area contributed by atoms with Crippen molar-refractivity contribution < 1.29 is 9.21 Å². The number of hydrogen-bond acceptors (Lipinski definition) is 4. The standard InChI is InChI=1S/C11H13ClN4O2/c1-6-10(12)4-14-16(6)5-8-3-9(7(2)18-8)11(17)15-13/h3-4H,5,13H2,1-2H3,(H,15,17). The van der Waals surface area contributed by atoms with E-state index in [0.717, 1.165) is 5.69 Å². The lowest BCUT2D eigenvalue weighted by molar-refractivity contribution is 0.0952. The number of nitrogens with one attached hydrogen (secondary N) is 1. The van der Waals surface area contributed by atoms with E-state index in [2.05, 4.69) is 10.5 Å². The van der Waals surface area contributed by atoms with Gasteiger partial charge >= 0.3 is 0 Å². The second-order valence-electron chi connectivity index (χ2n) is 3.89. The summed E-state index contributed by atoms with van der Waals surface area (Å²) >= 11 is 5.91. The van der Waals surface area contributed by atoms with Crippen LogP contribution in [-0.4, -0.2) is 15.7 Å². The average molecular weight is 269 g/mol. The molecule has 96 valence electrons. The Bertz CT molecular complexity index is 588. The Morgan fingerprint density at radius 2 is 2.33 bits per heavy atom. The summed E-state index contributed by atoms with van der Waals surface area (Å²) < 4.78 is 7.18. The maximum atomic E-state index is 11.4. The summed E-state index contributed by atoms with van der Waals surface area (Å²) in [4.78, 5) is 11.4. The van der Waals surface area contributed by atoms with Crippen LogP contribution in [0, 0.1) is 13.8 Å². The van der Waals surface area contributed by atoms with Gasteiger partial charge in [-0.2, -0.15) is 5.10 Å². The van der Waals surface area contributed by atoms with Crippen molar-refractivity contribution in [2.45, 2.75) is 20.4 Å². The molecule has 0 aliphatic heterocycles. The van der Waals surface area contributed by atoms with Crippen molar-refractivity contribution in [3.63, 3.8) is 0 Å². The second-order valence-corrected chi connectivity index (χ2v) is 4.30. The zero-order valence-electron chi connectivity index (χ0n) is 10.0. The number of nitrogens with zero attached hydrogens (tertiary/aromatic N) is 2. The Morgan fingerprint density at radius 1 is 1.61 bits per heavy atom. The topological polar surface area (TPSA) is 86.1 Å². The molecule has 0 aliphatic rings. The van der Waals surface area contributed by atoms with Crippen molar-refractivity contribution in [2.24, 2.45) is 5.84 Å². The molecule has 0 bridgehead atoms. The lowest BCUT2D eigenvalue weighted by Gasteiger charge is -2.00. The van der Waals surface area contributed by atoms with Crippen molar-refractivity contribution >= 4 is 17.5 Å². The molecule has 2 aromatic heterocycles. The molecule has 3 N–H and O–H groups in total. The Balaban J connectivity index is 2.25. The zero-order valence-corrected chi connectivity index (χ0v) is 10.8. The molecule has 0 spiro atoms. The van der Waals surface area contributed by atoms with E-state index >= 15 is 0 Å². The number of furan rings is 1. The van der Waals surface area contributed by atoms with Crippen LogP contribution in [0.2, 0.25) is 5.02 Å². The maximum Gasteiger partial charge on any atom is 0.268 e. The largest absolute Gasteiger partial charge is 0.464 e. The highest BCUT2D eigenvalue weighted by Crippen LogP contribution is 2.18. The first kappa shape index (κ1) is 12.7. The molecule has 2 rings (SSSR count). The number of nitrogen functional groups attached to an aromatic ring is 1. The number of carbonyl (C=O) groups is 1. The van der Waals surface area contributed by atoms with Crippen LogP contribution in [0.5, 0.6) is 0 Å². The molecule has 7 heteroatoms. The number of hydrogen-bond donors (Lipinski definition) is 2. The summed E-state index contributed by atoms with van der Waals surface area (Å²) in [7, 11) is 0. The van der Waals surface area contributed by atoms with Gasteiger partial charge in [-0.1, -0.05) is 11.6 Å². The van der Waals surface area contributed by atoms with E-state index in [1.165, 1.54) is 0 Å². The van der Waals surface area contributed by atoms with Gasteiger partial charge in [-0.05, 0) is 19.9 Å². The van der Waals surface area contributed by atoms with Crippen LogP contribution in [-0.2, 0) is 6.54 Å². The van der Waals surface area contributed by atoms with Gasteiger partial charge in [0.25, 0.3) is 5.91 Å². The SMILES string of the molecule is Cc1oc(Cn2ncc(Cl)c2C)cc1C(=O)NN. The predicted molar refractivity (Wildman–Crippen MR) is 66.2 cm³/mol. The first-order valence-corrected chi connectivity index (χ1v) is 5.69. The number of carbonyl (C=O) groups excluding carboxylic acids is 1. The summed E-state index contributed by atoms with van der Waals surface area (Å²) in [5, 5.41) is 4.71. The van der Waals surface area contributed by atoms with E-state index in [0.29, 0.717) is 28.7 Å². The number of rotatable bonds is 3. The number of hydrazine groups is 1. The molecule has 0 saturated heterocycles. The van der Waals surface area contributed by atoms with Crippen molar-refractivity contribution in [2.75, 3.05) is 0 Å². The molecule has 18 heavy (non-hydrogen) atoms. The van der Waals surface area contributed by atoms with Crippen LogP contribution >= 0.6 is 11.6 Å². The maximum absolute atomic E-state index is 11.4. The molecule has 0 fully saturated rings. The van der Waals surface area contributed by atoms with E-state index in [-0.39, 0.29) is 5.91 Å². The summed E-state index contributed by atoms with van der Waals surface area (Å²) in [5.41, 5.74) is 3.34. The highest BCUT2D eigenvalue weighted by atomic mass is 35.5. The third kappa shape index (κ3) is 2.25. The normalized spacial score (nSPS) is 10.7. The third-order valence-corrected chi connectivity index (χ3v) is 3.06. The zero-order chi connectivity index (χ0) is 13.3. The second kappa shape index (κ2) is 4.83. The van der Waals surface area contributed by atoms with Gasteiger partial charge in [0, 0.05) is 0 Å². The number of aromatic nitrogens is 2. The summed E-state index contributed by atoms with van der Waals surface area (Å²) in [6.07, 6.45) is 1.57. The molecule has 2 heterocycles. The summed E-state index contributed by atoms with van der Waals surface area (Å²) in [6.45, 7) is 3.98. The van der Waals surface area contributed by atoms with Gasteiger partial charge in [0.1, 0.15) is 11.5 Å². The highest BCUT2D eigenvalue weighted by molar-refractivity contribution is 6.31. The minimum Gasteiger partial charge on any atom is -0.464 e. The van der Waals surface area contributed by atoms with E-state index in [1.54, 1.807) is 23.9 Å². The molecule has 1 amide bonds. The van der Waals surface area contributed by atoms with Crippen LogP contribution in [0.3, 0.4) is 0 Å². The van der Waals surface area contributed by atoms with Crippen molar-refractivity contribution in [3.8, 4) is 0 Å². The fourth-order valence-corrected chi connectivity index (χ4v) is 1.80. The molecule has 6 nitrogen and oxygen atoms in total. The Morgan fingerprint density at radius 3 is 2.89 bits per heavy atom. The molecule has 2 aromatic rings. The van der Waals surface area contributed by atoms with Gasteiger partial charge in [0.05, 0.1) is 29.0 Å². The fourth-order valence-electron chi connectivity index (χ4n) is 1.66. The number of amides is 1. The average Bonchev–Trinajstić information content (AvgIpc) is 2.86.